The molecule has 2 aromatic rings. The summed E-state index contributed by atoms with van der Waals surface area (Å²) in [5.41, 5.74) is 4.19. The molecule has 0 aliphatic carbocycles. The molecule has 23 heavy (non-hydrogen) atoms. The van der Waals surface area contributed by atoms with Gasteiger partial charge in [0.15, 0.2) is 0 Å². The summed E-state index contributed by atoms with van der Waals surface area (Å²) in [7, 11) is 4.06. The van der Waals surface area contributed by atoms with Crippen molar-refractivity contribution >= 4 is 18.3 Å². The van der Waals surface area contributed by atoms with E-state index in [9.17, 15) is 4.79 Å². The highest BCUT2D eigenvalue weighted by molar-refractivity contribution is 5.95. The summed E-state index contributed by atoms with van der Waals surface area (Å²) in [5, 5.41) is 3.05. The Morgan fingerprint density at radius 1 is 1.04 bits per heavy atom. The third-order valence-electron chi connectivity index (χ3n) is 3.93. The van der Waals surface area contributed by atoms with Crippen LogP contribution in [0.4, 0.5) is 0 Å². The number of hydrogen-bond acceptors (Lipinski definition) is 2. The van der Waals surface area contributed by atoms with Crippen LogP contribution in [0.2, 0.25) is 0 Å². The Morgan fingerprint density at radius 3 is 2.22 bits per heavy atom. The monoisotopic (exact) mass is 332 g/mol. The SMILES string of the molecule is Cc1ccc(C(CNC(=O)c2ccccc2C)N(C)C)cc1.Cl. The van der Waals surface area contributed by atoms with Crippen molar-refractivity contribution in [3.8, 4) is 0 Å². The molecule has 0 aliphatic heterocycles. The molecule has 4 heteroatoms. The van der Waals surface area contributed by atoms with Gasteiger partial charge < -0.3 is 10.2 Å². The lowest BCUT2D eigenvalue weighted by Gasteiger charge is -2.25. The number of nitrogens with one attached hydrogen (secondary N) is 1. The molecule has 0 fully saturated rings. The Morgan fingerprint density at radius 2 is 1.65 bits per heavy atom. The maximum absolute atomic E-state index is 12.3. The highest BCUT2D eigenvalue weighted by atomic mass is 35.5. The van der Waals surface area contributed by atoms with Gasteiger partial charge in [0.1, 0.15) is 0 Å². The number of nitrogens with zero attached hydrogens (tertiary/aromatic N) is 1. The van der Waals surface area contributed by atoms with E-state index in [1.807, 2.05) is 45.3 Å². The first-order valence-electron chi connectivity index (χ1n) is 7.56. The van der Waals surface area contributed by atoms with Crippen molar-refractivity contribution in [2.45, 2.75) is 19.9 Å². The Bertz CT molecular complexity index is 638. The van der Waals surface area contributed by atoms with Gasteiger partial charge in [-0.2, -0.15) is 0 Å². The van der Waals surface area contributed by atoms with Crippen LogP contribution in [-0.4, -0.2) is 31.4 Å². The van der Waals surface area contributed by atoms with E-state index in [4.69, 9.17) is 0 Å². The molecular formula is C19H25ClN2O. The number of carbonyl (C=O) groups is 1. The molecule has 3 nitrogen and oxygen atoms in total. The average molecular weight is 333 g/mol. The van der Waals surface area contributed by atoms with Gasteiger partial charge in [0.2, 0.25) is 0 Å². The number of amides is 1. The van der Waals surface area contributed by atoms with Crippen molar-refractivity contribution in [3.05, 3.63) is 70.8 Å². The van der Waals surface area contributed by atoms with E-state index in [2.05, 4.69) is 41.4 Å². The first kappa shape index (κ1) is 19.2. The Kier molecular flexibility index (Phi) is 7.27. The van der Waals surface area contributed by atoms with Crippen LogP contribution < -0.4 is 5.32 Å². The second kappa shape index (κ2) is 8.70. The summed E-state index contributed by atoms with van der Waals surface area (Å²) in [4.78, 5) is 14.5. The van der Waals surface area contributed by atoms with E-state index in [1.165, 1.54) is 11.1 Å². The maximum Gasteiger partial charge on any atom is 0.251 e. The first-order valence-corrected chi connectivity index (χ1v) is 7.56. The normalized spacial score (nSPS) is 11.7. The van der Waals surface area contributed by atoms with Gasteiger partial charge in [-0.25, -0.2) is 0 Å². The van der Waals surface area contributed by atoms with Crippen molar-refractivity contribution < 1.29 is 4.79 Å². The molecule has 0 aromatic heterocycles. The molecule has 0 heterocycles. The van der Waals surface area contributed by atoms with Gasteiger partial charge in [-0.1, -0.05) is 48.0 Å². The molecule has 0 radical (unpaired) electrons. The molecule has 1 unspecified atom stereocenters. The summed E-state index contributed by atoms with van der Waals surface area (Å²) in [6, 6.07) is 16.3. The zero-order chi connectivity index (χ0) is 16.1. The predicted molar refractivity (Wildman–Crippen MR) is 98.4 cm³/mol. The van der Waals surface area contributed by atoms with Crippen LogP contribution >= 0.6 is 12.4 Å². The number of likely N-dealkylation sites (N-methyl/N-ethyl adjacent to an activating group) is 1. The number of halogens is 1. The number of carbonyl (C=O) groups excluding carboxylic acids is 1. The fraction of sp³-hybridized carbons (Fsp3) is 0.316. The fourth-order valence-electron chi connectivity index (χ4n) is 2.50. The molecule has 1 N–H and O–H groups in total. The van der Waals surface area contributed by atoms with E-state index >= 15 is 0 Å². The molecular weight excluding hydrogens is 308 g/mol. The molecule has 0 aliphatic rings. The van der Waals surface area contributed by atoms with Gasteiger partial charge in [-0.15, -0.1) is 12.4 Å². The standard InChI is InChI=1S/C19H24N2O.ClH/c1-14-9-11-16(12-10-14)18(21(3)4)13-20-19(22)17-8-6-5-7-15(17)2;/h5-12,18H,13H2,1-4H3,(H,20,22);1H. The van der Waals surface area contributed by atoms with Crippen LogP contribution in [-0.2, 0) is 0 Å². The van der Waals surface area contributed by atoms with E-state index in [0.29, 0.717) is 6.54 Å². The summed E-state index contributed by atoms with van der Waals surface area (Å²) >= 11 is 0. The summed E-state index contributed by atoms with van der Waals surface area (Å²) in [6.07, 6.45) is 0. The minimum atomic E-state index is -0.0166. The lowest BCUT2D eigenvalue weighted by Crippen LogP contribution is -2.34. The molecule has 1 amide bonds. The highest BCUT2D eigenvalue weighted by Gasteiger charge is 2.16. The van der Waals surface area contributed by atoms with Gasteiger partial charge in [0.05, 0.1) is 6.04 Å². The Balaban J connectivity index is 0.00000264. The first-order chi connectivity index (χ1) is 10.5. The zero-order valence-corrected chi connectivity index (χ0v) is 15.0. The zero-order valence-electron chi connectivity index (χ0n) is 14.2. The van der Waals surface area contributed by atoms with Crippen molar-refractivity contribution in [2.24, 2.45) is 0 Å². The average Bonchev–Trinajstić information content (AvgIpc) is 2.49. The maximum atomic E-state index is 12.3. The van der Waals surface area contributed by atoms with E-state index in [0.717, 1.165) is 11.1 Å². The van der Waals surface area contributed by atoms with Gasteiger partial charge in [0.25, 0.3) is 5.91 Å². The third-order valence-corrected chi connectivity index (χ3v) is 3.93. The van der Waals surface area contributed by atoms with Crippen LogP contribution in [0.15, 0.2) is 48.5 Å². The number of aryl methyl sites for hydroxylation is 2. The number of benzene rings is 2. The van der Waals surface area contributed by atoms with Crippen LogP contribution in [0.5, 0.6) is 0 Å². The van der Waals surface area contributed by atoms with Gasteiger partial charge >= 0.3 is 0 Å². The van der Waals surface area contributed by atoms with Crippen LogP contribution in [0.25, 0.3) is 0 Å². The smallest absolute Gasteiger partial charge is 0.251 e. The molecule has 0 saturated carbocycles. The van der Waals surface area contributed by atoms with E-state index < -0.39 is 0 Å². The molecule has 0 saturated heterocycles. The number of rotatable bonds is 5. The summed E-state index contributed by atoms with van der Waals surface area (Å²) in [6.45, 7) is 4.62. The summed E-state index contributed by atoms with van der Waals surface area (Å²) in [5.74, 6) is -0.0166. The number of hydrogen-bond donors (Lipinski definition) is 1. The van der Waals surface area contributed by atoms with E-state index in [1.54, 1.807) is 0 Å². The van der Waals surface area contributed by atoms with Crippen molar-refractivity contribution in [1.82, 2.24) is 10.2 Å². The fourth-order valence-corrected chi connectivity index (χ4v) is 2.50. The largest absolute Gasteiger partial charge is 0.350 e. The molecule has 124 valence electrons. The second-order valence-corrected chi connectivity index (χ2v) is 5.92. The molecule has 1 atom stereocenters. The molecule has 0 bridgehead atoms. The quantitative estimate of drug-likeness (QED) is 0.904. The molecule has 0 spiro atoms. The predicted octanol–water partition coefficient (Wildman–Crippen LogP) is 3.76. The van der Waals surface area contributed by atoms with Crippen molar-refractivity contribution in [2.75, 3.05) is 20.6 Å². The van der Waals surface area contributed by atoms with Crippen LogP contribution in [0.3, 0.4) is 0 Å². The minimum Gasteiger partial charge on any atom is -0.350 e. The third kappa shape index (κ3) is 5.08. The molecule has 2 aromatic carbocycles. The Labute approximate surface area is 145 Å². The topological polar surface area (TPSA) is 32.3 Å². The van der Waals surface area contributed by atoms with Crippen molar-refractivity contribution in [1.29, 1.82) is 0 Å². The van der Waals surface area contributed by atoms with Crippen LogP contribution in [0, 0.1) is 13.8 Å². The molecule has 2 rings (SSSR count). The van der Waals surface area contributed by atoms with Crippen molar-refractivity contribution in [3.63, 3.8) is 0 Å². The van der Waals surface area contributed by atoms with E-state index in [-0.39, 0.29) is 24.4 Å². The van der Waals surface area contributed by atoms with Gasteiger partial charge in [0, 0.05) is 12.1 Å². The lowest BCUT2D eigenvalue weighted by atomic mass is 10.0. The highest BCUT2D eigenvalue weighted by Crippen LogP contribution is 2.18. The Hall–Kier alpha value is -1.84. The minimum absolute atomic E-state index is 0. The van der Waals surface area contributed by atoms with Gasteiger partial charge in [-0.3, -0.25) is 4.79 Å². The van der Waals surface area contributed by atoms with Gasteiger partial charge in [-0.05, 0) is 45.1 Å². The summed E-state index contributed by atoms with van der Waals surface area (Å²) < 4.78 is 0. The van der Waals surface area contributed by atoms with Crippen LogP contribution in [0.1, 0.15) is 33.1 Å². The second-order valence-electron chi connectivity index (χ2n) is 5.92. The lowest BCUT2D eigenvalue weighted by molar-refractivity contribution is 0.0941.